The molecule has 0 spiro atoms. The van der Waals surface area contributed by atoms with Crippen molar-refractivity contribution in [3.05, 3.63) is 0 Å². The Bertz CT molecular complexity index is 256. The summed E-state index contributed by atoms with van der Waals surface area (Å²) in [5.41, 5.74) is 5.69. The van der Waals surface area contributed by atoms with Gasteiger partial charge in [0, 0.05) is 12.1 Å². The maximum Gasteiger partial charge on any atom is 0.411 e. The van der Waals surface area contributed by atoms with Crippen LogP contribution in [0.15, 0.2) is 0 Å². The number of amides is 1. The van der Waals surface area contributed by atoms with Crippen molar-refractivity contribution in [3.8, 4) is 0 Å². The maximum absolute atomic E-state index is 11.7. The molecule has 18 heavy (non-hydrogen) atoms. The first-order chi connectivity index (χ1) is 7.87. The van der Waals surface area contributed by atoms with Crippen LogP contribution < -0.4 is 11.1 Å². The fraction of sp³-hybridized carbons (Fsp3) is 0.900. The summed E-state index contributed by atoms with van der Waals surface area (Å²) in [4.78, 5) is 11.2. The van der Waals surface area contributed by atoms with Gasteiger partial charge in [-0.1, -0.05) is 0 Å². The fourth-order valence-corrected chi connectivity index (χ4v) is 1.79. The lowest BCUT2D eigenvalue weighted by Crippen LogP contribution is -2.42. The number of halogens is 4. The Morgan fingerprint density at radius 2 is 1.83 bits per heavy atom. The lowest BCUT2D eigenvalue weighted by molar-refractivity contribution is -0.175. The third-order valence-electron chi connectivity index (χ3n) is 2.64. The second-order valence-electron chi connectivity index (χ2n) is 4.29. The van der Waals surface area contributed by atoms with Gasteiger partial charge in [-0.3, -0.25) is 4.79 Å². The van der Waals surface area contributed by atoms with Gasteiger partial charge in [-0.05, 0) is 25.7 Å². The summed E-state index contributed by atoms with van der Waals surface area (Å²) >= 11 is 0. The first kappa shape index (κ1) is 17.5. The number of hydrogen-bond acceptors (Lipinski definition) is 3. The average molecular weight is 291 g/mol. The molecular weight excluding hydrogens is 273 g/mol. The lowest BCUT2D eigenvalue weighted by Gasteiger charge is -2.26. The predicted molar refractivity (Wildman–Crippen MR) is 62.5 cm³/mol. The van der Waals surface area contributed by atoms with Gasteiger partial charge in [0.05, 0.1) is 0 Å². The minimum Gasteiger partial charge on any atom is -0.362 e. The Morgan fingerprint density at radius 1 is 1.28 bits per heavy atom. The molecule has 0 radical (unpaired) electrons. The molecular formula is C10H18ClF3N2O2. The lowest BCUT2D eigenvalue weighted by atomic mass is 9.92. The van der Waals surface area contributed by atoms with Gasteiger partial charge in [0.1, 0.15) is 13.2 Å². The summed E-state index contributed by atoms with van der Waals surface area (Å²) in [7, 11) is 0. The molecule has 0 heterocycles. The van der Waals surface area contributed by atoms with Crippen LogP contribution in [0.2, 0.25) is 0 Å². The summed E-state index contributed by atoms with van der Waals surface area (Å²) in [6.07, 6.45) is -1.20. The molecule has 1 fully saturated rings. The number of alkyl halides is 3. The van der Waals surface area contributed by atoms with Crippen LogP contribution in [0.3, 0.4) is 0 Å². The molecule has 0 aromatic rings. The first-order valence-corrected chi connectivity index (χ1v) is 5.56. The smallest absolute Gasteiger partial charge is 0.362 e. The van der Waals surface area contributed by atoms with E-state index < -0.39 is 25.3 Å². The zero-order valence-electron chi connectivity index (χ0n) is 9.83. The standard InChI is InChI=1S/C10H17F3N2O2.ClH/c11-10(12,13)6-17-5-9(16)15-8-3-1-7(14)2-4-8;/h7-8H,1-6,14H2,(H,15,16);1H. The van der Waals surface area contributed by atoms with Crippen LogP contribution >= 0.6 is 12.4 Å². The van der Waals surface area contributed by atoms with Crippen molar-refractivity contribution >= 4 is 18.3 Å². The SMILES string of the molecule is Cl.NC1CCC(NC(=O)COCC(F)(F)F)CC1. The normalized spacial score (nSPS) is 24.2. The molecule has 0 aromatic heterocycles. The second kappa shape index (κ2) is 7.81. The highest BCUT2D eigenvalue weighted by atomic mass is 35.5. The van der Waals surface area contributed by atoms with E-state index in [9.17, 15) is 18.0 Å². The summed E-state index contributed by atoms with van der Waals surface area (Å²) in [6, 6.07) is 0.182. The molecule has 1 rings (SSSR count). The molecule has 0 saturated heterocycles. The van der Waals surface area contributed by atoms with Crippen LogP contribution in [0, 0.1) is 0 Å². The monoisotopic (exact) mass is 290 g/mol. The van der Waals surface area contributed by atoms with Crippen molar-refractivity contribution in [2.45, 2.75) is 43.9 Å². The maximum atomic E-state index is 11.7. The van der Waals surface area contributed by atoms with Crippen molar-refractivity contribution in [2.75, 3.05) is 13.2 Å². The minimum absolute atomic E-state index is 0. The van der Waals surface area contributed by atoms with Crippen LogP contribution in [-0.4, -0.2) is 37.4 Å². The molecule has 0 bridgehead atoms. The molecule has 0 aromatic carbocycles. The third-order valence-corrected chi connectivity index (χ3v) is 2.64. The van der Waals surface area contributed by atoms with Gasteiger partial charge >= 0.3 is 6.18 Å². The van der Waals surface area contributed by atoms with E-state index in [-0.39, 0.29) is 24.5 Å². The van der Waals surface area contributed by atoms with Crippen molar-refractivity contribution in [1.29, 1.82) is 0 Å². The molecule has 4 nitrogen and oxygen atoms in total. The number of carbonyl (C=O) groups excluding carboxylic acids is 1. The van der Waals surface area contributed by atoms with E-state index in [1.807, 2.05) is 0 Å². The average Bonchev–Trinajstić information content (AvgIpc) is 2.19. The van der Waals surface area contributed by atoms with E-state index in [4.69, 9.17) is 5.73 Å². The van der Waals surface area contributed by atoms with Crippen molar-refractivity contribution < 1.29 is 22.7 Å². The quantitative estimate of drug-likeness (QED) is 0.822. The number of nitrogens with two attached hydrogens (primary N) is 1. The van der Waals surface area contributed by atoms with Crippen molar-refractivity contribution in [3.63, 3.8) is 0 Å². The second-order valence-corrected chi connectivity index (χ2v) is 4.29. The zero-order valence-corrected chi connectivity index (χ0v) is 10.6. The molecule has 1 aliphatic carbocycles. The third kappa shape index (κ3) is 7.73. The van der Waals surface area contributed by atoms with Gasteiger partial charge in [-0.15, -0.1) is 12.4 Å². The highest BCUT2D eigenvalue weighted by molar-refractivity contribution is 5.85. The Morgan fingerprint density at radius 3 is 2.33 bits per heavy atom. The Hall–Kier alpha value is -0.530. The van der Waals surface area contributed by atoms with Crippen LogP contribution in [0.5, 0.6) is 0 Å². The molecule has 8 heteroatoms. The summed E-state index contributed by atoms with van der Waals surface area (Å²) in [5.74, 6) is -0.505. The summed E-state index contributed by atoms with van der Waals surface area (Å²) < 4.78 is 39.5. The van der Waals surface area contributed by atoms with Crippen LogP contribution in [0.25, 0.3) is 0 Å². The van der Waals surface area contributed by atoms with E-state index in [0.717, 1.165) is 25.7 Å². The Kier molecular flexibility index (Phi) is 7.58. The molecule has 108 valence electrons. The molecule has 3 N–H and O–H groups in total. The fourth-order valence-electron chi connectivity index (χ4n) is 1.79. The number of ether oxygens (including phenoxy) is 1. The van der Waals surface area contributed by atoms with Gasteiger partial charge in [0.15, 0.2) is 0 Å². The molecule has 0 aliphatic heterocycles. The van der Waals surface area contributed by atoms with Gasteiger partial charge < -0.3 is 15.8 Å². The van der Waals surface area contributed by atoms with E-state index in [0.29, 0.717) is 0 Å². The van der Waals surface area contributed by atoms with Crippen LogP contribution in [0.4, 0.5) is 13.2 Å². The number of rotatable bonds is 4. The van der Waals surface area contributed by atoms with Gasteiger partial charge in [-0.25, -0.2) is 0 Å². The van der Waals surface area contributed by atoms with Crippen LogP contribution in [0.1, 0.15) is 25.7 Å². The number of carbonyl (C=O) groups is 1. The van der Waals surface area contributed by atoms with Gasteiger partial charge in [0.25, 0.3) is 0 Å². The van der Waals surface area contributed by atoms with Gasteiger partial charge in [0.2, 0.25) is 5.91 Å². The van der Waals surface area contributed by atoms with Crippen molar-refractivity contribution in [1.82, 2.24) is 5.32 Å². The Balaban J connectivity index is 0.00000289. The first-order valence-electron chi connectivity index (χ1n) is 5.56. The topological polar surface area (TPSA) is 64.3 Å². The van der Waals surface area contributed by atoms with Crippen molar-refractivity contribution in [2.24, 2.45) is 5.73 Å². The highest BCUT2D eigenvalue weighted by Gasteiger charge is 2.28. The molecule has 1 amide bonds. The number of nitrogens with one attached hydrogen (secondary N) is 1. The molecule has 1 aliphatic rings. The molecule has 0 atom stereocenters. The molecule has 1 saturated carbocycles. The van der Waals surface area contributed by atoms with E-state index >= 15 is 0 Å². The highest BCUT2D eigenvalue weighted by Crippen LogP contribution is 2.17. The minimum atomic E-state index is -4.39. The van der Waals surface area contributed by atoms with E-state index in [1.165, 1.54) is 0 Å². The summed E-state index contributed by atoms with van der Waals surface area (Å²) in [6.45, 7) is -1.95. The zero-order chi connectivity index (χ0) is 12.9. The van der Waals surface area contributed by atoms with E-state index in [1.54, 1.807) is 0 Å². The Labute approximate surface area is 110 Å². The predicted octanol–water partition coefficient (Wildman–Crippen LogP) is 1.37. The molecule has 0 unspecified atom stereocenters. The number of hydrogen-bond donors (Lipinski definition) is 2. The van der Waals surface area contributed by atoms with E-state index in [2.05, 4.69) is 10.1 Å². The van der Waals surface area contributed by atoms with Crippen LogP contribution in [-0.2, 0) is 9.53 Å². The summed E-state index contributed by atoms with van der Waals surface area (Å²) in [5, 5.41) is 2.64. The largest absolute Gasteiger partial charge is 0.411 e. The van der Waals surface area contributed by atoms with Gasteiger partial charge in [-0.2, -0.15) is 13.2 Å².